The van der Waals surface area contributed by atoms with Crippen LogP contribution in [0, 0.1) is 5.92 Å². The van der Waals surface area contributed by atoms with Crippen LogP contribution in [0.3, 0.4) is 0 Å². The van der Waals surface area contributed by atoms with E-state index in [2.05, 4.69) is 27.4 Å². The number of hydrogen-bond donors (Lipinski definition) is 3. The van der Waals surface area contributed by atoms with Crippen molar-refractivity contribution in [3.8, 4) is 0 Å². The Kier molecular flexibility index (Phi) is 8.34. The lowest BCUT2D eigenvalue weighted by atomic mass is 9.98. The third-order valence-corrected chi connectivity index (χ3v) is 6.01. The standard InChI is InChI=1S/C22H24F3N5O.C2HF3O2/c1-14-10-11-30(13-14)18-8-6-17(7-9-18)27-20(31)19(26)12-15-2-4-16(5-3-15)21(28-29-21)22(23,24)25;3-2(4,5)1(6)7/h2-9,14,19H,10-13,26H2,1H3,(H,27,31);(H,6,7). The number of hydrogen-bond acceptors (Lipinski definition) is 6. The number of alkyl halides is 6. The number of nitrogens with two attached hydrogens (primary N) is 1. The Labute approximate surface area is 213 Å². The summed E-state index contributed by atoms with van der Waals surface area (Å²) in [6.07, 6.45) is -8.27. The molecule has 1 fully saturated rings. The monoisotopic (exact) mass is 545 g/mol. The van der Waals surface area contributed by atoms with Crippen LogP contribution in [0.2, 0.25) is 0 Å². The fourth-order valence-corrected chi connectivity index (χ4v) is 3.82. The lowest BCUT2D eigenvalue weighted by Gasteiger charge is -2.19. The average molecular weight is 545 g/mol. The van der Waals surface area contributed by atoms with Crippen molar-refractivity contribution in [2.24, 2.45) is 21.9 Å². The van der Waals surface area contributed by atoms with E-state index < -0.39 is 30.0 Å². The zero-order valence-corrected chi connectivity index (χ0v) is 20.1. The van der Waals surface area contributed by atoms with E-state index in [1.165, 1.54) is 30.7 Å². The molecule has 0 aliphatic carbocycles. The van der Waals surface area contributed by atoms with E-state index >= 15 is 0 Å². The third kappa shape index (κ3) is 7.00. The van der Waals surface area contributed by atoms with Crippen LogP contribution in [0.4, 0.5) is 37.7 Å². The van der Waals surface area contributed by atoms with Gasteiger partial charge in [-0.2, -0.15) is 26.3 Å². The summed E-state index contributed by atoms with van der Waals surface area (Å²) in [5.74, 6) is -2.43. The van der Waals surface area contributed by atoms with Gasteiger partial charge >= 0.3 is 24.0 Å². The molecule has 0 saturated carbocycles. The molecule has 2 atom stereocenters. The van der Waals surface area contributed by atoms with Gasteiger partial charge in [-0.3, -0.25) is 4.79 Å². The van der Waals surface area contributed by atoms with E-state index in [9.17, 15) is 31.1 Å². The highest BCUT2D eigenvalue weighted by molar-refractivity contribution is 5.95. The number of halogens is 6. The highest BCUT2D eigenvalue weighted by Gasteiger charge is 2.65. The van der Waals surface area contributed by atoms with Crippen molar-refractivity contribution in [1.82, 2.24) is 0 Å². The van der Waals surface area contributed by atoms with Gasteiger partial charge < -0.3 is 21.1 Å². The van der Waals surface area contributed by atoms with Gasteiger partial charge in [-0.25, -0.2) is 4.79 Å². The van der Waals surface area contributed by atoms with Crippen LogP contribution in [-0.2, 0) is 21.7 Å². The van der Waals surface area contributed by atoms with Crippen LogP contribution in [0.1, 0.15) is 24.5 Å². The predicted molar refractivity (Wildman–Crippen MR) is 125 cm³/mol. The molecule has 0 aromatic heterocycles. The molecule has 0 radical (unpaired) electrons. The number of carboxylic acid groups (broad SMARTS) is 1. The van der Waals surface area contributed by atoms with Crippen molar-refractivity contribution >= 4 is 23.3 Å². The van der Waals surface area contributed by atoms with Crippen LogP contribution in [-0.4, -0.2) is 48.5 Å². The maximum atomic E-state index is 13.1. The molecule has 4 N–H and O–H groups in total. The van der Waals surface area contributed by atoms with Gasteiger partial charge in [0.25, 0.3) is 0 Å². The second-order valence-electron chi connectivity index (χ2n) is 9.06. The maximum absolute atomic E-state index is 13.1. The van der Waals surface area contributed by atoms with Gasteiger partial charge in [0, 0.05) is 30.0 Å². The van der Waals surface area contributed by atoms with Gasteiger partial charge in [-0.05, 0) is 48.6 Å². The lowest BCUT2D eigenvalue weighted by molar-refractivity contribution is -0.192. The number of anilines is 2. The molecular formula is C24H25F6N5O3. The van der Waals surface area contributed by atoms with E-state index in [1.54, 1.807) is 0 Å². The molecule has 14 heteroatoms. The normalized spacial score (nSPS) is 18.8. The highest BCUT2D eigenvalue weighted by atomic mass is 19.4. The summed E-state index contributed by atoms with van der Waals surface area (Å²) in [5.41, 5.74) is 5.95. The molecule has 2 aromatic rings. The van der Waals surface area contributed by atoms with E-state index in [0.717, 1.165) is 18.8 Å². The van der Waals surface area contributed by atoms with Gasteiger partial charge in [0.2, 0.25) is 5.91 Å². The summed E-state index contributed by atoms with van der Waals surface area (Å²) < 4.78 is 71.0. The number of carbonyl (C=O) groups is 2. The highest BCUT2D eigenvalue weighted by Crippen LogP contribution is 2.52. The molecule has 2 aliphatic rings. The number of aliphatic carboxylic acids is 1. The molecule has 2 unspecified atom stereocenters. The van der Waals surface area contributed by atoms with Crippen LogP contribution in [0.25, 0.3) is 0 Å². The first-order valence-corrected chi connectivity index (χ1v) is 11.4. The maximum Gasteiger partial charge on any atom is 0.490 e. The molecule has 2 aromatic carbocycles. The molecule has 1 saturated heterocycles. The van der Waals surface area contributed by atoms with Gasteiger partial charge in [0.1, 0.15) is 0 Å². The SMILES string of the molecule is CC1CCN(c2ccc(NC(=O)C(N)Cc3ccc(C4(C(F)(F)F)N=N4)cc3)cc2)C1.O=C(O)C(F)(F)F. The quantitative estimate of drug-likeness (QED) is 0.448. The number of rotatable bonds is 6. The first-order valence-electron chi connectivity index (χ1n) is 11.4. The average Bonchev–Trinajstić information content (AvgIpc) is 3.55. The summed E-state index contributed by atoms with van der Waals surface area (Å²) >= 11 is 0. The van der Waals surface area contributed by atoms with Gasteiger partial charge in [0.05, 0.1) is 6.04 Å². The Morgan fingerprint density at radius 3 is 2.05 bits per heavy atom. The van der Waals surface area contributed by atoms with E-state index in [0.29, 0.717) is 17.2 Å². The number of benzene rings is 2. The van der Waals surface area contributed by atoms with Crippen molar-refractivity contribution in [3.05, 3.63) is 59.7 Å². The Bertz CT molecular complexity index is 1160. The Balaban J connectivity index is 0.000000505. The fraction of sp³-hybridized carbons (Fsp3) is 0.417. The molecule has 0 spiro atoms. The lowest BCUT2D eigenvalue weighted by Crippen LogP contribution is -2.37. The summed E-state index contributed by atoms with van der Waals surface area (Å²) in [4.78, 5) is 23.7. The van der Waals surface area contributed by atoms with Crippen molar-refractivity contribution in [3.63, 3.8) is 0 Å². The minimum absolute atomic E-state index is 0.0470. The van der Waals surface area contributed by atoms with Crippen LogP contribution >= 0.6 is 0 Å². The fourth-order valence-electron chi connectivity index (χ4n) is 3.82. The van der Waals surface area contributed by atoms with E-state index in [1.807, 2.05) is 24.3 Å². The number of nitrogens with zero attached hydrogens (tertiary/aromatic N) is 3. The summed E-state index contributed by atoms with van der Waals surface area (Å²) in [7, 11) is 0. The summed E-state index contributed by atoms with van der Waals surface area (Å²) in [6, 6.07) is 12.5. The van der Waals surface area contributed by atoms with Crippen molar-refractivity contribution in [2.45, 2.75) is 43.8 Å². The smallest absolute Gasteiger partial charge is 0.475 e. The molecule has 206 valence electrons. The van der Waals surface area contributed by atoms with Gasteiger partial charge in [-0.15, -0.1) is 10.2 Å². The molecule has 1 amide bonds. The first-order chi connectivity index (χ1) is 17.6. The molecule has 2 heterocycles. The number of nitrogens with one attached hydrogen (secondary N) is 1. The molecular weight excluding hydrogens is 520 g/mol. The van der Waals surface area contributed by atoms with E-state index in [-0.39, 0.29) is 17.9 Å². The Morgan fingerprint density at radius 1 is 1.08 bits per heavy atom. The van der Waals surface area contributed by atoms with Crippen molar-refractivity contribution in [2.75, 3.05) is 23.3 Å². The van der Waals surface area contributed by atoms with Crippen LogP contribution in [0.5, 0.6) is 0 Å². The molecule has 8 nitrogen and oxygen atoms in total. The zero-order chi connectivity index (χ0) is 28.3. The second-order valence-corrected chi connectivity index (χ2v) is 9.06. The largest absolute Gasteiger partial charge is 0.490 e. The number of carboxylic acids is 1. The summed E-state index contributed by atoms with van der Waals surface area (Å²) in [6.45, 7) is 4.29. The minimum Gasteiger partial charge on any atom is -0.475 e. The van der Waals surface area contributed by atoms with E-state index in [4.69, 9.17) is 15.6 Å². The Hall–Kier alpha value is -3.68. The summed E-state index contributed by atoms with van der Waals surface area (Å²) in [5, 5.41) is 16.3. The molecule has 2 aliphatic heterocycles. The number of carbonyl (C=O) groups excluding carboxylic acids is 1. The molecule has 0 bridgehead atoms. The molecule has 4 rings (SSSR count). The van der Waals surface area contributed by atoms with Gasteiger partial charge in [-0.1, -0.05) is 31.2 Å². The van der Waals surface area contributed by atoms with Gasteiger partial charge in [0.15, 0.2) is 0 Å². The van der Waals surface area contributed by atoms with Crippen LogP contribution in [0.15, 0.2) is 58.8 Å². The van der Waals surface area contributed by atoms with Crippen molar-refractivity contribution in [1.29, 1.82) is 0 Å². The first kappa shape index (κ1) is 28.9. The van der Waals surface area contributed by atoms with Crippen LogP contribution < -0.4 is 16.0 Å². The number of amides is 1. The third-order valence-electron chi connectivity index (χ3n) is 6.01. The minimum atomic E-state index is -5.08. The topological polar surface area (TPSA) is 120 Å². The zero-order valence-electron chi connectivity index (χ0n) is 20.1. The second kappa shape index (κ2) is 11.0. The molecule has 38 heavy (non-hydrogen) atoms. The predicted octanol–water partition coefficient (Wildman–Crippen LogP) is 4.86. The van der Waals surface area contributed by atoms with Crippen molar-refractivity contribution < 1.29 is 41.0 Å². The Morgan fingerprint density at radius 2 is 1.63 bits per heavy atom.